The second-order valence-electron chi connectivity index (χ2n) is 6.60. The van der Waals surface area contributed by atoms with E-state index in [1.54, 1.807) is 12.0 Å². The van der Waals surface area contributed by atoms with Crippen LogP contribution in [0.15, 0.2) is 0 Å². The molecule has 1 fully saturated rings. The van der Waals surface area contributed by atoms with Crippen molar-refractivity contribution in [1.82, 2.24) is 5.06 Å². The van der Waals surface area contributed by atoms with E-state index in [9.17, 15) is 14.7 Å². The summed E-state index contributed by atoms with van der Waals surface area (Å²) in [5, 5.41) is 11.3. The van der Waals surface area contributed by atoms with Crippen LogP contribution in [0.5, 0.6) is 0 Å². The van der Waals surface area contributed by atoms with E-state index in [-0.39, 0.29) is 0 Å². The number of piperidine rings is 1. The monoisotopic (exact) mass is 363 g/mol. The van der Waals surface area contributed by atoms with Crippen LogP contribution in [-0.4, -0.2) is 38.9 Å². The van der Waals surface area contributed by atoms with Crippen LogP contribution in [0.2, 0.25) is 0 Å². The van der Waals surface area contributed by atoms with Crippen LogP contribution in [0, 0.1) is 5.92 Å². The second-order valence-corrected chi connectivity index (χ2v) is 7.22. The summed E-state index contributed by atoms with van der Waals surface area (Å²) in [4.78, 5) is 29.4. The molecule has 6 nitrogen and oxygen atoms in total. The molecule has 0 amide bonds. The number of hydroxylamine groups is 2. The van der Waals surface area contributed by atoms with Crippen LogP contribution in [0.25, 0.3) is 0 Å². The van der Waals surface area contributed by atoms with Gasteiger partial charge in [-0.15, -0.1) is 5.06 Å². The number of carbonyl (C=O) groups excluding carboxylic acids is 1. The summed E-state index contributed by atoms with van der Waals surface area (Å²) in [7, 11) is 0. The highest BCUT2D eigenvalue weighted by molar-refractivity contribution is 6.19. The number of hydrogen-bond donors (Lipinski definition) is 1. The van der Waals surface area contributed by atoms with Gasteiger partial charge >= 0.3 is 12.1 Å². The topological polar surface area (TPSA) is 76.1 Å². The summed E-state index contributed by atoms with van der Waals surface area (Å²) in [5.41, 5.74) is -1.84. The van der Waals surface area contributed by atoms with Gasteiger partial charge in [-0.2, -0.15) is 0 Å². The molecule has 0 spiro atoms. The van der Waals surface area contributed by atoms with Crippen molar-refractivity contribution in [1.29, 1.82) is 0 Å². The number of ether oxygens (including phenoxy) is 1. The number of alkyl halides is 1. The molecule has 24 heavy (non-hydrogen) atoms. The Morgan fingerprint density at radius 2 is 1.54 bits per heavy atom. The zero-order valence-electron chi connectivity index (χ0n) is 15.3. The van der Waals surface area contributed by atoms with Crippen LogP contribution >= 0.6 is 11.6 Å². The van der Waals surface area contributed by atoms with Gasteiger partial charge in [-0.1, -0.05) is 39.3 Å². The minimum atomic E-state index is -0.844. The summed E-state index contributed by atoms with van der Waals surface area (Å²) >= 11 is 5.71. The van der Waals surface area contributed by atoms with Crippen molar-refractivity contribution in [2.24, 2.45) is 5.92 Å². The number of nitrogens with zero attached hydrogens (tertiary/aromatic N) is 1. The molecule has 1 atom stereocenters. The van der Waals surface area contributed by atoms with Gasteiger partial charge in [0.15, 0.2) is 5.56 Å². The minimum absolute atomic E-state index is 0.445. The van der Waals surface area contributed by atoms with Crippen molar-refractivity contribution < 1.29 is 24.3 Å². The molecule has 1 aliphatic rings. The van der Waals surface area contributed by atoms with Gasteiger partial charge in [0.2, 0.25) is 0 Å². The SMILES string of the molecule is CCC1(CC)CC(C(=O)O)CC(CC)(CC)N1OC(=O)OC(C)Cl. The third kappa shape index (κ3) is 4.14. The van der Waals surface area contributed by atoms with Crippen LogP contribution in [0.1, 0.15) is 73.1 Å². The molecule has 1 rings (SSSR count). The molecular weight excluding hydrogens is 334 g/mol. The Morgan fingerprint density at radius 3 is 1.83 bits per heavy atom. The highest BCUT2D eigenvalue weighted by Crippen LogP contribution is 2.48. The Labute approximate surface area is 149 Å². The normalized spacial score (nSPS) is 21.9. The van der Waals surface area contributed by atoms with Gasteiger partial charge in [-0.3, -0.25) is 4.79 Å². The molecule has 7 heteroatoms. The number of carbonyl (C=O) groups is 2. The molecular formula is C17H30ClNO5. The van der Waals surface area contributed by atoms with Crippen molar-refractivity contribution in [3.8, 4) is 0 Å². The number of rotatable bonds is 7. The smallest absolute Gasteiger partial charge is 0.481 e. The van der Waals surface area contributed by atoms with Crippen molar-refractivity contribution in [2.75, 3.05) is 0 Å². The summed E-state index contributed by atoms with van der Waals surface area (Å²) in [6.07, 6.45) is 2.76. The number of carboxylic acids is 1. The Bertz CT molecular complexity index is 424. The highest BCUT2D eigenvalue weighted by Gasteiger charge is 2.55. The first-order valence-electron chi connectivity index (χ1n) is 8.76. The van der Waals surface area contributed by atoms with Crippen molar-refractivity contribution in [2.45, 2.75) is 89.8 Å². The minimum Gasteiger partial charge on any atom is -0.481 e. The molecule has 1 unspecified atom stereocenters. The molecule has 0 saturated carbocycles. The molecule has 1 saturated heterocycles. The molecule has 1 N–H and O–H groups in total. The van der Waals surface area contributed by atoms with Gasteiger partial charge in [0.05, 0.1) is 17.0 Å². The van der Waals surface area contributed by atoms with E-state index in [0.717, 1.165) is 0 Å². The molecule has 0 radical (unpaired) electrons. The predicted octanol–water partition coefficient (Wildman–Crippen LogP) is 4.55. The molecule has 140 valence electrons. The van der Waals surface area contributed by atoms with E-state index >= 15 is 0 Å². The molecule has 1 heterocycles. The Kier molecular flexibility index (Phi) is 7.35. The molecule has 0 aliphatic carbocycles. The Hall–Kier alpha value is -1.01. The fourth-order valence-corrected chi connectivity index (χ4v) is 3.98. The van der Waals surface area contributed by atoms with Gasteiger partial charge in [-0.05, 0) is 45.4 Å². The second kappa shape index (κ2) is 8.39. The van der Waals surface area contributed by atoms with Gasteiger partial charge in [0.25, 0.3) is 0 Å². The third-order valence-corrected chi connectivity index (χ3v) is 5.61. The summed E-state index contributed by atoms with van der Waals surface area (Å²) in [6, 6.07) is 0. The van der Waals surface area contributed by atoms with E-state index in [2.05, 4.69) is 0 Å². The summed E-state index contributed by atoms with van der Waals surface area (Å²) in [6.45, 7) is 9.52. The molecule has 0 bridgehead atoms. The predicted molar refractivity (Wildman–Crippen MR) is 91.7 cm³/mol. The lowest BCUT2D eigenvalue weighted by atomic mass is 9.68. The fourth-order valence-electron chi connectivity index (χ4n) is 3.91. The number of carboxylic acid groups (broad SMARTS) is 1. The number of hydrogen-bond acceptors (Lipinski definition) is 5. The van der Waals surface area contributed by atoms with Crippen LogP contribution in [-0.2, 0) is 14.4 Å². The molecule has 1 aliphatic heterocycles. The third-order valence-electron chi connectivity index (χ3n) is 5.52. The van der Waals surface area contributed by atoms with Crippen LogP contribution < -0.4 is 0 Å². The fraction of sp³-hybridized carbons (Fsp3) is 0.882. The van der Waals surface area contributed by atoms with Crippen LogP contribution in [0.3, 0.4) is 0 Å². The largest absolute Gasteiger partial charge is 0.529 e. The molecule has 0 aromatic heterocycles. The maximum absolute atomic E-state index is 12.1. The standard InChI is InChI=1S/C17H30ClNO5/c1-6-16(7-2)10-13(14(20)21)11-17(8-3,9-4)19(16)24-15(22)23-12(5)18/h12-13H,6-11H2,1-5H3,(H,20,21). The van der Waals surface area contributed by atoms with E-state index in [0.29, 0.717) is 38.5 Å². The average Bonchev–Trinajstić information content (AvgIpc) is 2.54. The zero-order valence-corrected chi connectivity index (χ0v) is 16.1. The summed E-state index contributed by atoms with van der Waals surface area (Å²) in [5.74, 6) is -1.24. The lowest BCUT2D eigenvalue weighted by Gasteiger charge is -2.56. The lowest BCUT2D eigenvalue weighted by molar-refractivity contribution is -0.281. The maximum Gasteiger partial charge on any atom is 0.529 e. The highest BCUT2D eigenvalue weighted by atomic mass is 35.5. The first-order valence-corrected chi connectivity index (χ1v) is 9.19. The Balaban J connectivity index is 3.28. The van der Waals surface area contributed by atoms with Gasteiger partial charge in [0.1, 0.15) is 0 Å². The van der Waals surface area contributed by atoms with Gasteiger partial charge in [0, 0.05) is 0 Å². The number of halogens is 1. The van der Waals surface area contributed by atoms with Crippen molar-refractivity contribution >= 4 is 23.7 Å². The van der Waals surface area contributed by atoms with E-state index in [1.807, 2.05) is 27.7 Å². The van der Waals surface area contributed by atoms with Gasteiger partial charge < -0.3 is 14.7 Å². The lowest BCUT2D eigenvalue weighted by Crippen LogP contribution is -2.65. The van der Waals surface area contributed by atoms with Gasteiger partial charge in [-0.25, -0.2) is 4.79 Å². The Morgan fingerprint density at radius 1 is 1.12 bits per heavy atom. The molecule has 0 aromatic carbocycles. The average molecular weight is 364 g/mol. The first kappa shape index (κ1) is 21.0. The van der Waals surface area contributed by atoms with Crippen molar-refractivity contribution in [3.63, 3.8) is 0 Å². The quantitative estimate of drug-likeness (QED) is 0.528. The zero-order chi connectivity index (χ0) is 18.5. The van der Waals surface area contributed by atoms with E-state index < -0.39 is 34.7 Å². The van der Waals surface area contributed by atoms with Crippen molar-refractivity contribution in [3.05, 3.63) is 0 Å². The maximum atomic E-state index is 12.1. The van der Waals surface area contributed by atoms with E-state index in [1.165, 1.54) is 0 Å². The van der Waals surface area contributed by atoms with E-state index in [4.69, 9.17) is 21.2 Å². The summed E-state index contributed by atoms with van der Waals surface area (Å²) < 4.78 is 4.94. The molecule has 0 aromatic rings. The number of aliphatic carboxylic acids is 1. The van der Waals surface area contributed by atoms with Crippen LogP contribution in [0.4, 0.5) is 4.79 Å². The first-order chi connectivity index (χ1) is 11.2.